The summed E-state index contributed by atoms with van der Waals surface area (Å²) in [7, 11) is 0. The van der Waals surface area contributed by atoms with Crippen LogP contribution in [0, 0.1) is 5.82 Å². The molecule has 22 heavy (non-hydrogen) atoms. The number of carbonyl (C=O) groups is 1. The molecule has 0 bridgehead atoms. The Morgan fingerprint density at radius 2 is 2.05 bits per heavy atom. The van der Waals surface area contributed by atoms with Crippen molar-refractivity contribution in [1.82, 2.24) is 0 Å². The van der Waals surface area contributed by atoms with Crippen molar-refractivity contribution in [2.75, 3.05) is 6.61 Å². The van der Waals surface area contributed by atoms with Crippen LogP contribution in [0.4, 0.5) is 4.39 Å². The van der Waals surface area contributed by atoms with Gasteiger partial charge in [0.1, 0.15) is 23.7 Å². The maximum absolute atomic E-state index is 13.0. The molecule has 1 fully saturated rings. The Bertz CT molecular complexity index is 493. The molecule has 0 aliphatic carbocycles. The van der Waals surface area contributed by atoms with Crippen molar-refractivity contribution in [3.05, 3.63) is 30.1 Å². The standard InChI is InChI=1S/C16H22FNO4/c1-3-14-15(22-12-6-4-11(17)5-7-12)10(2)21-16(19)13(18)8-9-20-14/h4-7,10,13-15H,3,8-9,18H2,1-2H3/t10-,13-,14+,15-/m0/s1. The highest BCUT2D eigenvalue weighted by Gasteiger charge is 2.34. The number of rotatable bonds is 3. The van der Waals surface area contributed by atoms with Crippen LogP contribution < -0.4 is 10.5 Å². The number of ether oxygens (including phenoxy) is 3. The fraction of sp³-hybridized carbons (Fsp3) is 0.562. The molecule has 1 saturated heterocycles. The summed E-state index contributed by atoms with van der Waals surface area (Å²) in [5, 5.41) is 0. The second-order valence-corrected chi connectivity index (χ2v) is 5.39. The number of hydrogen-bond donors (Lipinski definition) is 1. The highest BCUT2D eigenvalue weighted by molar-refractivity contribution is 5.75. The van der Waals surface area contributed by atoms with Gasteiger partial charge in [-0.3, -0.25) is 4.79 Å². The van der Waals surface area contributed by atoms with E-state index in [4.69, 9.17) is 19.9 Å². The number of cyclic esters (lactones) is 1. The highest BCUT2D eigenvalue weighted by Crippen LogP contribution is 2.22. The van der Waals surface area contributed by atoms with Gasteiger partial charge in [-0.05, 0) is 44.0 Å². The van der Waals surface area contributed by atoms with E-state index in [1.54, 1.807) is 6.92 Å². The topological polar surface area (TPSA) is 70.8 Å². The fourth-order valence-corrected chi connectivity index (χ4v) is 2.39. The van der Waals surface area contributed by atoms with Crippen LogP contribution in [0.3, 0.4) is 0 Å². The lowest BCUT2D eigenvalue weighted by Crippen LogP contribution is -2.44. The Labute approximate surface area is 129 Å². The van der Waals surface area contributed by atoms with E-state index in [0.717, 1.165) is 0 Å². The summed E-state index contributed by atoms with van der Waals surface area (Å²) in [5.74, 6) is -0.295. The summed E-state index contributed by atoms with van der Waals surface area (Å²) in [5.41, 5.74) is 5.74. The Hall–Kier alpha value is -1.66. The number of esters is 1. The summed E-state index contributed by atoms with van der Waals surface area (Å²) in [6, 6.07) is 5.02. The average molecular weight is 311 g/mol. The van der Waals surface area contributed by atoms with E-state index in [1.165, 1.54) is 24.3 Å². The van der Waals surface area contributed by atoms with Gasteiger partial charge in [-0.15, -0.1) is 0 Å². The fourth-order valence-electron chi connectivity index (χ4n) is 2.39. The molecule has 1 aromatic rings. The Kier molecular flexibility index (Phi) is 5.74. The van der Waals surface area contributed by atoms with E-state index in [9.17, 15) is 9.18 Å². The molecule has 4 atom stereocenters. The van der Waals surface area contributed by atoms with Crippen LogP contribution in [0.1, 0.15) is 26.7 Å². The van der Waals surface area contributed by atoms with Crippen molar-refractivity contribution in [1.29, 1.82) is 0 Å². The third kappa shape index (κ3) is 4.18. The second kappa shape index (κ2) is 7.56. The molecular formula is C16H22FNO4. The third-order valence-electron chi connectivity index (χ3n) is 3.68. The van der Waals surface area contributed by atoms with Crippen molar-refractivity contribution in [2.24, 2.45) is 5.73 Å². The zero-order valence-corrected chi connectivity index (χ0v) is 12.8. The van der Waals surface area contributed by atoms with E-state index < -0.39 is 24.2 Å². The van der Waals surface area contributed by atoms with Gasteiger partial charge in [0.15, 0.2) is 6.10 Å². The van der Waals surface area contributed by atoms with Crippen molar-refractivity contribution >= 4 is 5.97 Å². The lowest BCUT2D eigenvalue weighted by molar-refractivity contribution is -0.156. The minimum atomic E-state index is -0.690. The number of carbonyl (C=O) groups excluding carboxylic acids is 1. The monoisotopic (exact) mass is 311 g/mol. The Morgan fingerprint density at radius 1 is 1.36 bits per heavy atom. The predicted molar refractivity (Wildman–Crippen MR) is 79.0 cm³/mol. The highest BCUT2D eigenvalue weighted by atomic mass is 19.1. The minimum absolute atomic E-state index is 0.238. The van der Waals surface area contributed by atoms with E-state index in [0.29, 0.717) is 25.2 Å². The molecule has 0 amide bonds. The van der Waals surface area contributed by atoms with E-state index >= 15 is 0 Å². The summed E-state index contributed by atoms with van der Waals surface area (Å²) >= 11 is 0. The summed E-state index contributed by atoms with van der Waals surface area (Å²) < 4.78 is 30.1. The van der Waals surface area contributed by atoms with Gasteiger partial charge < -0.3 is 19.9 Å². The van der Waals surface area contributed by atoms with Crippen LogP contribution in [-0.4, -0.2) is 36.9 Å². The first kappa shape index (κ1) is 16.7. The maximum atomic E-state index is 13.0. The van der Waals surface area contributed by atoms with Gasteiger partial charge in [-0.25, -0.2) is 4.39 Å². The molecule has 2 N–H and O–H groups in total. The van der Waals surface area contributed by atoms with Gasteiger partial charge in [-0.2, -0.15) is 0 Å². The molecule has 1 aliphatic heterocycles. The van der Waals surface area contributed by atoms with Gasteiger partial charge in [0, 0.05) is 6.61 Å². The maximum Gasteiger partial charge on any atom is 0.323 e. The van der Waals surface area contributed by atoms with Gasteiger partial charge in [0.25, 0.3) is 0 Å². The van der Waals surface area contributed by atoms with Crippen LogP contribution in [0.2, 0.25) is 0 Å². The van der Waals surface area contributed by atoms with E-state index in [-0.39, 0.29) is 11.9 Å². The molecule has 0 aromatic heterocycles. The lowest BCUT2D eigenvalue weighted by Gasteiger charge is -2.30. The zero-order valence-electron chi connectivity index (χ0n) is 12.8. The van der Waals surface area contributed by atoms with E-state index in [2.05, 4.69) is 0 Å². The van der Waals surface area contributed by atoms with Crippen LogP contribution in [-0.2, 0) is 14.3 Å². The van der Waals surface area contributed by atoms with Crippen molar-refractivity contribution in [3.63, 3.8) is 0 Å². The SMILES string of the molecule is CC[C@H]1OCC[C@H](N)C(=O)O[C@@H](C)[C@@H]1Oc1ccc(F)cc1. The summed E-state index contributed by atoms with van der Waals surface area (Å²) in [6.07, 6.45) is -0.136. The van der Waals surface area contributed by atoms with Gasteiger partial charge >= 0.3 is 5.97 Å². The Morgan fingerprint density at radius 3 is 2.68 bits per heavy atom. The first-order valence-electron chi connectivity index (χ1n) is 7.51. The quantitative estimate of drug-likeness (QED) is 0.865. The number of benzene rings is 1. The molecule has 6 heteroatoms. The van der Waals surface area contributed by atoms with Gasteiger partial charge in [0.2, 0.25) is 0 Å². The second-order valence-electron chi connectivity index (χ2n) is 5.39. The van der Waals surface area contributed by atoms with Crippen molar-refractivity contribution in [2.45, 2.75) is 51.0 Å². The molecule has 122 valence electrons. The molecule has 0 saturated carbocycles. The molecule has 0 unspecified atom stereocenters. The average Bonchev–Trinajstić information content (AvgIpc) is 2.54. The van der Waals surface area contributed by atoms with E-state index in [1.807, 2.05) is 6.92 Å². The zero-order chi connectivity index (χ0) is 16.1. The molecule has 1 aliphatic rings. The van der Waals surface area contributed by atoms with Gasteiger partial charge in [-0.1, -0.05) is 6.92 Å². The third-order valence-corrected chi connectivity index (χ3v) is 3.68. The normalized spacial score (nSPS) is 29.9. The molecule has 2 rings (SSSR count). The van der Waals surface area contributed by atoms with Gasteiger partial charge in [0.05, 0.1) is 6.10 Å². The van der Waals surface area contributed by atoms with Crippen LogP contribution in [0.5, 0.6) is 5.75 Å². The number of nitrogens with two attached hydrogens (primary N) is 1. The van der Waals surface area contributed by atoms with Crippen LogP contribution in [0.15, 0.2) is 24.3 Å². The first-order valence-corrected chi connectivity index (χ1v) is 7.51. The smallest absolute Gasteiger partial charge is 0.323 e. The molecule has 0 spiro atoms. The number of halogens is 1. The minimum Gasteiger partial charge on any atom is -0.484 e. The largest absolute Gasteiger partial charge is 0.484 e. The summed E-state index contributed by atoms with van der Waals surface area (Å²) in [4.78, 5) is 11.9. The molecule has 5 nitrogen and oxygen atoms in total. The first-order chi connectivity index (χ1) is 10.5. The number of hydrogen-bond acceptors (Lipinski definition) is 5. The van der Waals surface area contributed by atoms with Crippen LogP contribution in [0.25, 0.3) is 0 Å². The molecule has 1 heterocycles. The predicted octanol–water partition coefficient (Wildman–Crippen LogP) is 2.03. The Balaban J connectivity index is 2.18. The van der Waals surface area contributed by atoms with Crippen molar-refractivity contribution in [3.8, 4) is 5.75 Å². The lowest BCUT2D eigenvalue weighted by atomic mass is 10.1. The molecule has 1 aromatic carbocycles. The summed E-state index contributed by atoms with van der Waals surface area (Å²) in [6.45, 7) is 4.08. The van der Waals surface area contributed by atoms with Crippen LogP contribution >= 0.6 is 0 Å². The molecular weight excluding hydrogens is 289 g/mol. The molecule has 0 radical (unpaired) electrons. The van der Waals surface area contributed by atoms with Crippen molar-refractivity contribution < 1.29 is 23.4 Å².